The molecule has 3 rings (SSSR count). The highest BCUT2D eigenvalue weighted by molar-refractivity contribution is 5.21. The highest BCUT2D eigenvalue weighted by Gasteiger charge is 2.22. The Kier molecular flexibility index (Phi) is 4.17. The van der Waals surface area contributed by atoms with Crippen LogP contribution in [0, 0.1) is 18.6 Å². The van der Waals surface area contributed by atoms with Crippen molar-refractivity contribution < 1.29 is 13.9 Å². The number of aromatic nitrogens is 3. The number of nitrogens with one attached hydrogen (secondary N) is 1. The third-order valence-electron chi connectivity index (χ3n) is 3.89. The standard InChI is InChI=1S/C15H18F2N4O/c1-9-19-15-5-3-11(8-21(15)20-9)18-7-14(22)12-4-2-10(16)6-13(12)17/h2,4,6,11,14,18,22H,3,5,7-8H2,1H3. The van der Waals surface area contributed by atoms with Crippen molar-refractivity contribution in [1.29, 1.82) is 0 Å². The van der Waals surface area contributed by atoms with Gasteiger partial charge in [-0.1, -0.05) is 6.07 Å². The number of benzene rings is 1. The number of aliphatic hydroxyl groups excluding tert-OH is 1. The smallest absolute Gasteiger partial charge is 0.147 e. The van der Waals surface area contributed by atoms with E-state index in [4.69, 9.17) is 0 Å². The molecule has 0 spiro atoms. The van der Waals surface area contributed by atoms with Gasteiger partial charge >= 0.3 is 0 Å². The van der Waals surface area contributed by atoms with Crippen LogP contribution in [0.3, 0.4) is 0 Å². The fourth-order valence-corrected chi connectivity index (χ4v) is 2.76. The first-order valence-corrected chi connectivity index (χ1v) is 7.29. The molecule has 22 heavy (non-hydrogen) atoms. The van der Waals surface area contributed by atoms with E-state index in [1.165, 1.54) is 6.07 Å². The fraction of sp³-hybridized carbons (Fsp3) is 0.467. The first-order chi connectivity index (χ1) is 10.5. The van der Waals surface area contributed by atoms with Crippen LogP contribution in [-0.4, -0.2) is 32.5 Å². The van der Waals surface area contributed by atoms with Crippen LogP contribution in [0.2, 0.25) is 0 Å². The van der Waals surface area contributed by atoms with Crippen molar-refractivity contribution in [2.75, 3.05) is 6.54 Å². The number of halogens is 2. The van der Waals surface area contributed by atoms with E-state index in [2.05, 4.69) is 15.4 Å². The molecule has 2 heterocycles. The minimum absolute atomic E-state index is 0.0991. The van der Waals surface area contributed by atoms with Gasteiger partial charge in [0.05, 0.1) is 12.6 Å². The van der Waals surface area contributed by atoms with Crippen LogP contribution in [0.4, 0.5) is 8.78 Å². The van der Waals surface area contributed by atoms with Crippen LogP contribution in [0.5, 0.6) is 0 Å². The molecule has 0 amide bonds. The third kappa shape index (κ3) is 3.15. The second kappa shape index (κ2) is 6.10. The first kappa shape index (κ1) is 15.1. The summed E-state index contributed by atoms with van der Waals surface area (Å²) in [5, 5.41) is 17.6. The highest BCUT2D eigenvalue weighted by atomic mass is 19.1. The molecule has 0 fully saturated rings. The van der Waals surface area contributed by atoms with E-state index in [1.807, 2.05) is 11.6 Å². The predicted octanol–water partition coefficient (Wildman–Crippen LogP) is 1.50. The molecule has 1 aromatic heterocycles. The molecular weight excluding hydrogens is 290 g/mol. The van der Waals surface area contributed by atoms with E-state index < -0.39 is 17.7 Å². The lowest BCUT2D eigenvalue weighted by Gasteiger charge is -2.25. The second-order valence-electron chi connectivity index (χ2n) is 5.58. The van der Waals surface area contributed by atoms with Gasteiger partial charge in [-0.25, -0.2) is 18.4 Å². The Morgan fingerprint density at radius 3 is 3.05 bits per heavy atom. The summed E-state index contributed by atoms with van der Waals surface area (Å²) < 4.78 is 28.4. The summed E-state index contributed by atoms with van der Waals surface area (Å²) in [6.07, 6.45) is 0.690. The molecule has 2 N–H and O–H groups in total. The van der Waals surface area contributed by atoms with Crippen LogP contribution in [0.1, 0.15) is 29.7 Å². The van der Waals surface area contributed by atoms with Gasteiger partial charge < -0.3 is 10.4 Å². The van der Waals surface area contributed by atoms with Gasteiger partial charge in [-0.05, 0) is 19.4 Å². The monoisotopic (exact) mass is 308 g/mol. The zero-order chi connectivity index (χ0) is 15.7. The quantitative estimate of drug-likeness (QED) is 0.898. The number of aryl methyl sites for hydroxylation is 2. The summed E-state index contributed by atoms with van der Waals surface area (Å²) in [5.74, 6) is 0.347. The largest absolute Gasteiger partial charge is 0.387 e. The molecule has 2 unspecified atom stereocenters. The molecule has 0 saturated carbocycles. The van der Waals surface area contributed by atoms with E-state index in [0.29, 0.717) is 6.54 Å². The number of fused-ring (bicyclic) bond motifs is 1. The lowest BCUT2D eigenvalue weighted by molar-refractivity contribution is 0.160. The molecule has 1 aliphatic rings. The summed E-state index contributed by atoms with van der Waals surface area (Å²) in [5.41, 5.74) is 0.0991. The summed E-state index contributed by atoms with van der Waals surface area (Å²) in [6.45, 7) is 2.74. The summed E-state index contributed by atoms with van der Waals surface area (Å²) in [6, 6.07) is 3.35. The number of hydrogen-bond donors (Lipinski definition) is 2. The van der Waals surface area contributed by atoms with Crippen molar-refractivity contribution in [1.82, 2.24) is 20.1 Å². The maximum atomic E-state index is 13.6. The van der Waals surface area contributed by atoms with Gasteiger partial charge in [0.25, 0.3) is 0 Å². The molecule has 0 bridgehead atoms. The molecule has 5 nitrogen and oxygen atoms in total. The van der Waals surface area contributed by atoms with Crippen molar-refractivity contribution in [3.05, 3.63) is 47.0 Å². The van der Waals surface area contributed by atoms with Crippen LogP contribution in [0.15, 0.2) is 18.2 Å². The van der Waals surface area contributed by atoms with Crippen LogP contribution in [-0.2, 0) is 13.0 Å². The molecule has 1 aromatic carbocycles. The molecule has 7 heteroatoms. The molecular formula is C15H18F2N4O. The van der Waals surface area contributed by atoms with Crippen molar-refractivity contribution in [3.63, 3.8) is 0 Å². The van der Waals surface area contributed by atoms with E-state index in [9.17, 15) is 13.9 Å². The van der Waals surface area contributed by atoms with Gasteiger partial charge in [-0.2, -0.15) is 5.10 Å². The van der Waals surface area contributed by atoms with Gasteiger partial charge in [-0.3, -0.25) is 0 Å². The second-order valence-corrected chi connectivity index (χ2v) is 5.58. The van der Waals surface area contributed by atoms with Gasteiger partial charge in [0.15, 0.2) is 0 Å². The molecule has 0 radical (unpaired) electrons. The Morgan fingerprint density at radius 1 is 1.45 bits per heavy atom. The lowest BCUT2D eigenvalue weighted by Crippen LogP contribution is -2.39. The van der Waals surface area contributed by atoms with Gasteiger partial charge in [0, 0.05) is 30.6 Å². The van der Waals surface area contributed by atoms with Gasteiger partial charge in [0.2, 0.25) is 0 Å². The molecule has 0 aliphatic carbocycles. The van der Waals surface area contributed by atoms with Crippen molar-refractivity contribution >= 4 is 0 Å². The maximum Gasteiger partial charge on any atom is 0.147 e. The normalized spacial score (nSPS) is 19.0. The van der Waals surface area contributed by atoms with Gasteiger partial charge in [0.1, 0.15) is 23.3 Å². The maximum absolute atomic E-state index is 13.6. The molecule has 0 saturated heterocycles. The minimum atomic E-state index is -1.01. The lowest BCUT2D eigenvalue weighted by atomic mass is 10.1. The van der Waals surface area contributed by atoms with Crippen molar-refractivity contribution in [2.45, 2.75) is 38.5 Å². The Morgan fingerprint density at radius 2 is 2.27 bits per heavy atom. The average molecular weight is 308 g/mol. The molecule has 2 aromatic rings. The summed E-state index contributed by atoms with van der Waals surface area (Å²) >= 11 is 0. The van der Waals surface area contributed by atoms with Crippen LogP contribution in [0.25, 0.3) is 0 Å². The molecule has 1 aliphatic heterocycles. The number of nitrogens with zero attached hydrogens (tertiary/aromatic N) is 3. The third-order valence-corrected chi connectivity index (χ3v) is 3.89. The van der Waals surface area contributed by atoms with E-state index in [0.717, 1.165) is 36.6 Å². The zero-order valence-corrected chi connectivity index (χ0v) is 12.3. The van der Waals surface area contributed by atoms with Crippen LogP contribution < -0.4 is 5.32 Å². The predicted molar refractivity (Wildman–Crippen MR) is 76.2 cm³/mol. The van der Waals surface area contributed by atoms with Crippen molar-refractivity contribution in [3.8, 4) is 0 Å². The van der Waals surface area contributed by atoms with Crippen LogP contribution >= 0.6 is 0 Å². The molecule has 118 valence electrons. The highest BCUT2D eigenvalue weighted by Crippen LogP contribution is 2.19. The summed E-state index contributed by atoms with van der Waals surface area (Å²) in [4.78, 5) is 4.34. The fourth-order valence-electron chi connectivity index (χ4n) is 2.76. The van der Waals surface area contributed by atoms with E-state index in [-0.39, 0.29) is 18.2 Å². The molecule has 2 atom stereocenters. The Labute approximate surface area is 127 Å². The number of aliphatic hydroxyl groups is 1. The number of rotatable bonds is 4. The topological polar surface area (TPSA) is 63.0 Å². The Hall–Kier alpha value is -1.86. The average Bonchev–Trinajstić information content (AvgIpc) is 2.84. The SMILES string of the molecule is Cc1nc2n(n1)CC(NCC(O)c1ccc(F)cc1F)CC2. The van der Waals surface area contributed by atoms with E-state index in [1.54, 1.807) is 0 Å². The Bertz CT molecular complexity index is 674. The van der Waals surface area contributed by atoms with E-state index >= 15 is 0 Å². The minimum Gasteiger partial charge on any atom is -0.387 e. The summed E-state index contributed by atoms with van der Waals surface area (Å²) in [7, 11) is 0. The zero-order valence-electron chi connectivity index (χ0n) is 12.3. The van der Waals surface area contributed by atoms with Gasteiger partial charge in [-0.15, -0.1) is 0 Å². The first-order valence-electron chi connectivity index (χ1n) is 7.29. The number of hydrogen-bond acceptors (Lipinski definition) is 4. The Balaban J connectivity index is 1.59. The van der Waals surface area contributed by atoms with Crippen molar-refractivity contribution in [2.24, 2.45) is 0 Å².